The van der Waals surface area contributed by atoms with Gasteiger partial charge in [0.15, 0.2) is 6.61 Å². The fourth-order valence-corrected chi connectivity index (χ4v) is 2.24. The molecule has 23 heavy (non-hydrogen) atoms. The van der Waals surface area contributed by atoms with Crippen LogP contribution in [-0.4, -0.2) is 31.0 Å². The van der Waals surface area contributed by atoms with Crippen LogP contribution in [0, 0.1) is 0 Å². The molecule has 1 aromatic heterocycles. The van der Waals surface area contributed by atoms with Gasteiger partial charge in [-0.05, 0) is 23.6 Å². The first-order valence-corrected chi connectivity index (χ1v) is 7.74. The molecule has 0 saturated carbocycles. The molecule has 1 aromatic carbocycles. The molecule has 0 aliphatic heterocycles. The van der Waals surface area contributed by atoms with Crippen LogP contribution in [-0.2, 0) is 14.3 Å². The third kappa shape index (κ3) is 5.91. The highest BCUT2D eigenvalue weighted by molar-refractivity contribution is 7.12. The zero-order valence-electron chi connectivity index (χ0n) is 12.2. The molecule has 6 nitrogen and oxygen atoms in total. The van der Waals surface area contributed by atoms with Gasteiger partial charge in [0.25, 0.3) is 11.8 Å². The second-order valence-electron chi connectivity index (χ2n) is 4.43. The Bertz CT molecular complexity index is 654. The maximum Gasteiger partial charge on any atom is 0.309 e. The number of imide groups is 1. The van der Waals surface area contributed by atoms with Gasteiger partial charge in [-0.3, -0.25) is 19.7 Å². The lowest BCUT2D eigenvalue weighted by atomic mass is 10.3. The quantitative estimate of drug-likeness (QED) is 0.784. The SMILES string of the molecule is O=C(COC(=O)CCOc1ccccc1)NC(=O)c1cccs1. The molecule has 0 saturated heterocycles. The van der Waals surface area contributed by atoms with Gasteiger partial charge in [-0.25, -0.2) is 0 Å². The lowest BCUT2D eigenvalue weighted by Gasteiger charge is -2.07. The number of nitrogens with one attached hydrogen (secondary N) is 1. The van der Waals surface area contributed by atoms with E-state index in [1.54, 1.807) is 29.6 Å². The molecule has 2 aromatic rings. The first-order chi connectivity index (χ1) is 11.1. The summed E-state index contributed by atoms with van der Waals surface area (Å²) in [6.07, 6.45) is 0.0149. The summed E-state index contributed by atoms with van der Waals surface area (Å²) in [6, 6.07) is 12.4. The topological polar surface area (TPSA) is 81.7 Å². The summed E-state index contributed by atoms with van der Waals surface area (Å²) in [5.74, 6) is -1.09. The van der Waals surface area contributed by atoms with Crippen LogP contribution in [0.1, 0.15) is 16.1 Å². The normalized spacial score (nSPS) is 9.91. The molecule has 7 heteroatoms. The molecule has 0 fully saturated rings. The average Bonchev–Trinajstić information content (AvgIpc) is 3.08. The van der Waals surface area contributed by atoms with Gasteiger partial charge in [0, 0.05) is 0 Å². The predicted molar refractivity (Wildman–Crippen MR) is 84.3 cm³/mol. The number of rotatable bonds is 7. The van der Waals surface area contributed by atoms with E-state index >= 15 is 0 Å². The summed E-state index contributed by atoms with van der Waals surface area (Å²) in [6.45, 7) is -0.347. The van der Waals surface area contributed by atoms with E-state index in [2.05, 4.69) is 5.32 Å². The number of para-hydroxylation sites is 1. The van der Waals surface area contributed by atoms with Crippen molar-refractivity contribution in [3.63, 3.8) is 0 Å². The molecular formula is C16H15NO5S. The van der Waals surface area contributed by atoms with Crippen molar-refractivity contribution in [2.45, 2.75) is 6.42 Å². The Balaban J connectivity index is 1.62. The van der Waals surface area contributed by atoms with Gasteiger partial charge in [-0.2, -0.15) is 0 Å². The minimum absolute atomic E-state index is 0.0149. The number of benzene rings is 1. The molecule has 0 atom stereocenters. The fraction of sp³-hybridized carbons (Fsp3) is 0.188. The number of ether oxygens (including phenoxy) is 2. The van der Waals surface area contributed by atoms with Crippen molar-refractivity contribution in [1.82, 2.24) is 5.32 Å². The van der Waals surface area contributed by atoms with E-state index in [0.29, 0.717) is 10.6 Å². The van der Waals surface area contributed by atoms with Gasteiger partial charge in [-0.15, -0.1) is 11.3 Å². The Labute approximate surface area is 137 Å². The molecule has 1 heterocycles. The number of amides is 2. The molecule has 1 N–H and O–H groups in total. The molecule has 0 aliphatic carbocycles. The van der Waals surface area contributed by atoms with E-state index in [1.165, 1.54) is 11.3 Å². The number of carbonyl (C=O) groups is 3. The maximum atomic E-state index is 11.6. The summed E-state index contributed by atoms with van der Waals surface area (Å²) in [4.78, 5) is 35.0. The Kier molecular flexibility index (Phi) is 6.31. The largest absolute Gasteiger partial charge is 0.493 e. The average molecular weight is 333 g/mol. The maximum absolute atomic E-state index is 11.6. The van der Waals surface area contributed by atoms with Crippen LogP contribution < -0.4 is 10.1 Å². The minimum atomic E-state index is -0.666. The smallest absolute Gasteiger partial charge is 0.309 e. The minimum Gasteiger partial charge on any atom is -0.493 e. The van der Waals surface area contributed by atoms with Gasteiger partial charge < -0.3 is 9.47 Å². The van der Waals surface area contributed by atoms with E-state index in [0.717, 1.165) is 0 Å². The summed E-state index contributed by atoms with van der Waals surface area (Å²) in [7, 11) is 0. The van der Waals surface area contributed by atoms with Gasteiger partial charge >= 0.3 is 5.97 Å². The summed E-state index contributed by atoms with van der Waals surface area (Å²) in [5, 5.41) is 3.87. The van der Waals surface area contributed by atoms with E-state index in [9.17, 15) is 14.4 Å². The van der Waals surface area contributed by atoms with Crippen LogP contribution in [0.15, 0.2) is 47.8 Å². The first kappa shape index (κ1) is 16.7. The molecular weight excluding hydrogens is 318 g/mol. The monoisotopic (exact) mass is 333 g/mol. The highest BCUT2D eigenvalue weighted by Gasteiger charge is 2.13. The highest BCUT2D eigenvalue weighted by atomic mass is 32.1. The van der Waals surface area contributed by atoms with Crippen molar-refractivity contribution >= 4 is 29.1 Å². The lowest BCUT2D eigenvalue weighted by molar-refractivity contribution is -0.148. The van der Waals surface area contributed by atoms with E-state index in [4.69, 9.17) is 9.47 Å². The number of thiophene rings is 1. The van der Waals surface area contributed by atoms with Gasteiger partial charge in [0.1, 0.15) is 5.75 Å². The van der Waals surface area contributed by atoms with Crippen LogP contribution in [0.25, 0.3) is 0 Å². The van der Waals surface area contributed by atoms with Crippen LogP contribution >= 0.6 is 11.3 Å². The van der Waals surface area contributed by atoms with Crippen molar-refractivity contribution in [2.75, 3.05) is 13.2 Å². The lowest BCUT2D eigenvalue weighted by Crippen LogP contribution is -2.33. The number of hydrogen-bond donors (Lipinski definition) is 1. The second-order valence-corrected chi connectivity index (χ2v) is 5.37. The van der Waals surface area contributed by atoms with Crippen LogP contribution in [0.3, 0.4) is 0 Å². The van der Waals surface area contributed by atoms with Crippen molar-refractivity contribution in [1.29, 1.82) is 0 Å². The highest BCUT2D eigenvalue weighted by Crippen LogP contribution is 2.09. The molecule has 0 radical (unpaired) electrons. The summed E-state index contributed by atoms with van der Waals surface area (Å²) < 4.78 is 10.1. The van der Waals surface area contributed by atoms with Crippen LogP contribution in [0.5, 0.6) is 5.75 Å². The molecule has 0 unspecified atom stereocenters. The van der Waals surface area contributed by atoms with E-state index in [-0.39, 0.29) is 13.0 Å². The summed E-state index contributed by atoms with van der Waals surface area (Å²) in [5.41, 5.74) is 0. The standard InChI is InChI=1S/C16H15NO5S/c18-14(17-16(20)13-7-4-10-23-13)11-22-15(19)8-9-21-12-5-2-1-3-6-12/h1-7,10H,8-9,11H2,(H,17,18,20). The Hall–Kier alpha value is -2.67. The van der Waals surface area contributed by atoms with Crippen molar-refractivity contribution in [3.8, 4) is 5.75 Å². The molecule has 2 rings (SSSR count). The van der Waals surface area contributed by atoms with Crippen LogP contribution in [0.2, 0.25) is 0 Å². The molecule has 0 aliphatic rings. The van der Waals surface area contributed by atoms with Crippen molar-refractivity contribution < 1.29 is 23.9 Å². The zero-order chi connectivity index (χ0) is 16.5. The predicted octanol–water partition coefficient (Wildman–Crippen LogP) is 2.02. The Morgan fingerprint density at radius 1 is 1.04 bits per heavy atom. The van der Waals surface area contributed by atoms with Crippen molar-refractivity contribution in [3.05, 3.63) is 52.7 Å². The number of esters is 1. The second kappa shape index (κ2) is 8.70. The van der Waals surface area contributed by atoms with E-state index < -0.39 is 24.4 Å². The third-order valence-corrected chi connectivity index (χ3v) is 3.55. The fourth-order valence-electron chi connectivity index (χ4n) is 1.62. The molecule has 0 bridgehead atoms. The van der Waals surface area contributed by atoms with E-state index in [1.807, 2.05) is 18.2 Å². The van der Waals surface area contributed by atoms with Gasteiger partial charge in [0.2, 0.25) is 0 Å². The summed E-state index contributed by atoms with van der Waals surface area (Å²) >= 11 is 1.22. The molecule has 0 spiro atoms. The molecule has 2 amide bonds. The Morgan fingerprint density at radius 3 is 2.52 bits per heavy atom. The number of carbonyl (C=O) groups excluding carboxylic acids is 3. The molecule has 120 valence electrons. The van der Waals surface area contributed by atoms with Gasteiger partial charge in [-0.1, -0.05) is 24.3 Å². The van der Waals surface area contributed by atoms with Crippen LogP contribution in [0.4, 0.5) is 0 Å². The third-order valence-electron chi connectivity index (χ3n) is 2.68. The zero-order valence-corrected chi connectivity index (χ0v) is 13.0. The van der Waals surface area contributed by atoms with Gasteiger partial charge in [0.05, 0.1) is 17.9 Å². The Morgan fingerprint density at radius 2 is 1.83 bits per heavy atom. The number of hydrogen-bond acceptors (Lipinski definition) is 6. The first-order valence-electron chi connectivity index (χ1n) is 6.86. The van der Waals surface area contributed by atoms with Crippen molar-refractivity contribution in [2.24, 2.45) is 0 Å².